The highest BCUT2D eigenvalue weighted by Crippen LogP contribution is 2.30. The highest BCUT2D eigenvalue weighted by Gasteiger charge is 2.29. The van der Waals surface area contributed by atoms with E-state index in [9.17, 15) is 9.59 Å². The monoisotopic (exact) mass is 515 g/mol. The molecule has 0 radical (unpaired) electrons. The number of rotatable bonds is 7. The minimum absolute atomic E-state index is 0.0657. The zero-order chi connectivity index (χ0) is 27.0. The Hall–Kier alpha value is -4.48. The average Bonchev–Trinajstić information content (AvgIpc) is 2.98. The summed E-state index contributed by atoms with van der Waals surface area (Å²) < 4.78 is 0. The normalized spacial score (nSPS) is 14.1. The fraction of sp³-hybridized carbons (Fsp3) is 0.176. The molecule has 1 aliphatic rings. The predicted octanol–water partition coefficient (Wildman–Crippen LogP) is 6.19. The summed E-state index contributed by atoms with van der Waals surface area (Å²) in [6, 6.07) is 36.4. The summed E-state index contributed by atoms with van der Waals surface area (Å²) in [5.74, 6) is -0.335. The van der Waals surface area contributed by atoms with Crippen LogP contribution in [0.5, 0.6) is 0 Å². The van der Waals surface area contributed by atoms with Gasteiger partial charge < -0.3 is 10.2 Å². The van der Waals surface area contributed by atoms with Crippen molar-refractivity contribution in [1.29, 1.82) is 0 Å². The van der Waals surface area contributed by atoms with Crippen molar-refractivity contribution in [2.45, 2.75) is 13.0 Å². The lowest BCUT2D eigenvalue weighted by atomic mass is 9.96. The Morgan fingerprint density at radius 1 is 0.718 bits per heavy atom. The summed E-state index contributed by atoms with van der Waals surface area (Å²) in [7, 11) is 0. The van der Waals surface area contributed by atoms with Crippen LogP contribution in [0.4, 0.5) is 5.69 Å². The fourth-order valence-corrected chi connectivity index (χ4v) is 5.04. The van der Waals surface area contributed by atoms with Crippen LogP contribution in [0, 0.1) is 6.92 Å². The summed E-state index contributed by atoms with van der Waals surface area (Å²) in [6.07, 6.45) is 3.27. The first kappa shape index (κ1) is 26.1. The van der Waals surface area contributed by atoms with Crippen LogP contribution in [-0.4, -0.2) is 47.8 Å². The number of carbonyl (C=O) groups is 2. The van der Waals surface area contributed by atoms with E-state index < -0.39 is 0 Å². The van der Waals surface area contributed by atoms with Gasteiger partial charge in [0, 0.05) is 32.3 Å². The van der Waals surface area contributed by atoms with Crippen LogP contribution in [0.1, 0.15) is 38.7 Å². The molecule has 5 rings (SSSR count). The van der Waals surface area contributed by atoms with Gasteiger partial charge in [0.2, 0.25) is 5.91 Å². The highest BCUT2D eigenvalue weighted by atomic mass is 16.2. The summed E-state index contributed by atoms with van der Waals surface area (Å²) in [5.41, 5.74) is 5.63. The van der Waals surface area contributed by atoms with Crippen LogP contribution >= 0.6 is 0 Å². The first-order valence-electron chi connectivity index (χ1n) is 13.4. The molecule has 1 fully saturated rings. The summed E-state index contributed by atoms with van der Waals surface area (Å²) in [6.45, 7) is 4.77. The molecular formula is C34H33N3O2. The number of amides is 2. The van der Waals surface area contributed by atoms with Gasteiger partial charge in [-0.25, -0.2) is 0 Å². The molecule has 4 aromatic rings. The molecule has 0 aliphatic carbocycles. The number of anilines is 1. The molecular weight excluding hydrogens is 482 g/mol. The number of benzene rings is 4. The van der Waals surface area contributed by atoms with Crippen LogP contribution in [0.25, 0.3) is 6.08 Å². The second-order valence-corrected chi connectivity index (χ2v) is 9.83. The molecule has 196 valence electrons. The molecule has 5 nitrogen and oxygen atoms in total. The number of para-hydroxylation sites is 1. The van der Waals surface area contributed by atoms with Crippen LogP contribution < -0.4 is 5.32 Å². The van der Waals surface area contributed by atoms with Gasteiger partial charge in [0.15, 0.2) is 0 Å². The first-order valence-corrected chi connectivity index (χ1v) is 13.4. The molecule has 4 aromatic carbocycles. The number of nitrogens with one attached hydrogen (secondary N) is 1. The molecule has 0 atom stereocenters. The summed E-state index contributed by atoms with van der Waals surface area (Å²) in [4.78, 5) is 30.6. The maximum absolute atomic E-state index is 13.6. The third-order valence-corrected chi connectivity index (χ3v) is 7.12. The van der Waals surface area contributed by atoms with Crippen LogP contribution in [0.2, 0.25) is 0 Å². The van der Waals surface area contributed by atoms with E-state index in [1.54, 1.807) is 18.2 Å². The van der Waals surface area contributed by atoms with Gasteiger partial charge in [-0.05, 0) is 41.8 Å². The molecule has 0 bridgehead atoms. The zero-order valence-corrected chi connectivity index (χ0v) is 22.2. The molecule has 0 spiro atoms. The van der Waals surface area contributed by atoms with Gasteiger partial charge >= 0.3 is 0 Å². The van der Waals surface area contributed by atoms with Crippen LogP contribution in [-0.2, 0) is 4.79 Å². The number of aryl methyl sites for hydroxylation is 1. The highest BCUT2D eigenvalue weighted by molar-refractivity contribution is 6.07. The number of carbonyl (C=O) groups excluding carboxylic acids is 2. The molecule has 0 unspecified atom stereocenters. The van der Waals surface area contributed by atoms with Gasteiger partial charge in [0.05, 0.1) is 17.3 Å². The Morgan fingerprint density at radius 3 is 1.90 bits per heavy atom. The molecule has 1 aliphatic heterocycles. The van der Waals surface area contributed by atoms with E-state index in [2.05, 4.69) is 58.7 Å². The maximum atomic E-state index is 13.6. The quantitative estimate of drug-likeness (QED) is 0.299. The Labute approximate surface area is 230 Å². The molecule has 0 saturated carbocycles. The van der Waals surface area contributed by atoms with Crippen LogP contribution in [0.3, 0.4) is 0 Å². The lowest BCUT2D eigenvalue weighted by molar-refractivity contribution is -0.111. The van der Waals surface area contributed by atoms with E-state index in [-0.39, 0.29) is 17.9 Å². The van der Waals surface area contributed by atoms with E-state index in [1.807, 2.05) is 60.4 Å². The SMILES string of the molecule is Cc1ccc(C=CC(=O)Nc2ccccc2C(=O)N2CCN(C(c3ccccc3)c3ccccc3)CC2)cc1. The molecule has 1 N–H and O–H groups in total. The predicted molar refractivity (Wildman–Crippen MR) is 157 cm³/mol. The summed E-state index contributed by atoms with van der Waals surface area (Å²) >= 11 is 0. The number of hydrogen-bond acceptors (Lipinski definition) is 3. The maximum Gasteiger partial charge on any atom is 0.256 e. The van der Waals surface area contributed by atoms with E-state index in [1.165, 1.54) is 22.8 Å². The second-order valence-electron chi connectivity index (χ2n) is 9.83. The van der Waals surface area contributed by atoms with Crippen LogP contribution in [0.15, 0.2) is 115 Å². The smallest absolute Gasteiger partial charge is 0.256 e. The fourth-order valence-electron chi connectivity index (χ4n) is 5.04. The standard InChI is InChI=1S/C34H33N3O2/c1-26-16-18-27(19-17-26)20-21-32(38)35-31-15-9-8-14-30(31)34(39)37-24-22-36(23-25-37)33(28-10-4-2-5-11-28)29-12-6-3-7-13-29/h2-21,33H,22-25H2,1H3,(H,35,38). The Kier molecular flexibility index (Phi) is 8.29. The molecule has 5 heteroatoms. The van der Waals surface area contributed by atoms with Gasteiger partial charge in [0.1, 0.15) is 0 Å². The van der Waals surface area contributed by atoms with Gasteiger partial charge in [-0.3, -0.25) is 14.5 Å². The Morgan fingerprint density at radius 2 is 1.28 bits per heavy atom. The topological polar surface area (TPSA) is 52.7 Å². The largest absolute Gasteiger partial charge is 0.336 e. The molecule has 0 aromatic heterocycles. The van der Waals surface area contributed by atoms with Gasteiger partial charge in [-0.15, -0.1) is 0 Å². The van der Waals surface area contributed by atoms with E-state index >= 15 is 0 Å². The average molecular weight is 516 g/mol. The van der Waals surface area contributed by atoms with Crippen molar-refractivity contribution < 1.29 is 9.59 Å². The van der Waals surface area contributed by atoms with Crippen molar-refractivity contribution in [2.75, 3.05) is 31.5 Å². The molecule has 2 amide bonds. The van der Waals surface area contributed by atoms with Gasteiger partial charge in [-0.1, -0.05) is 103 Å². The third-order valence-electron chi connectivity index (χ3n) is 7.12. The number of hydrogen-bond donors (Lipinski definition) is 1. The van der Waals surface area contributed by atoms with Crippen molar-refractivity contribution in [1.82, 2.24) is 9.80 Å². The summed E-state index contributed by atoms with van der Waals surface area (Å²) in [5, 5.41) is 2.90. The first-order chi connectivity index (χ1) is 19.1. The lowest BCUT2D eigenvalue weighted by Gasteiger charge is -2.40. The Balaban J connectivity index is 1.26. The van der Waals surface area contributed by atoms with Crippen molar-refractivity contribution in [3.8, 4) is 0 Å². The lowest BCUT2D eigenvalue weighted by Crippen LogP contribution is -2.50. The molecule has 1 saturated heterocycles. The van der Waals surface area contributed by atoms with Crippen molar-refractivity contribution in [3.05, 3.63) is 143 Å². The van der Waals surface area contributed by atoms with E-state index in [0.29, 0.717) is 24.3 Å². The third kappa shape index (κ3) is 6.51. The van der Waals surface area contributed by atoms with Crippen molar-refractivity contribution >= 4 is 23.6 Å². The van der Waals surface area contributed by atoms with Crippen molar-refractivity contribution in [3.63, 3.8) is 0 Å². The molecule has 1 heterocycles. The second kappa shape index (κ2) is 12.4. The number of nitrogens with zero attached hydrogens (tertiary/aromatic N) is 2. The minimum Gasteiger partial charge on any atom is -0.336 e. The van der Waals surface area contributed by atoms with Crippen molar-refractivity contribution in [2.24, 2.45) is 0 Å². The van der Waals surface area contributed by atoms with E-state index in [0.717, 1.165) is 18.7 Å². The zero-order valence-electron chi connectivity index (χ0n) is 22.2. The van der Waals surface area contributed by atoms with Gasteiger partial charge in [0.25, 0.3) is 5.91 Å². The van der Waals surface area contributed by atoms with E-state index in [4.69, 9.17) is 0 Å². The molecule has 39 heavy (non-hydrogen) atoms. The minimum atomic E-state index is -0.269. The van der Waals surface area contributed by atoms with Gasteiger partial charge in [-0.2, -0.15) is 0 Å². The number of piperazine rings is 1. The Bertz CT molecular complexity index is 1390.